The van der Waals surface area contributed by atoms with Gasteiger partial charge in [-0.15, -0.1) is 5.10 Å². The molecule has 0 saturated carbocycles. The number of para-hydroxylation sites is 1. The van der Waals surface area contributed by atoms with Crippen molar-refractivity contribution in [3.8, 4) is 5.69 Å². The number of nitrogens with zero attached hydrogens (tertiary/aromatic N) is 5. The fourth-order valence-electron chi connectivity index (χ4n) is 5.40. The number of fused-ring (bicyclic) bond motifs is 2. The van der Waals surface area contributed by atoms with Gasteiger partial charge in [-0.1, -0.05) is 30.3 Å². The van der Waals surface area contributed by atoms with Crippen molar-refractivity contribution in [2.24, 2.45) is 0 Å². The summed E-state index contributed by atoms with van der Waals surface area (Å²) in [6.07, 6.45) is 2.11. The molecule has 1 N–H and O–H groups in total. The summed E-state index contributed by atoms with van der Waals surface area (Å²) in [4.78, 5) is 53.4. The molecule has 0 bridgehead atoms. The highest BCUT2D eigenvalue weighted by atomic mass is 16.2. The summed E-state index contributed by atoms with van der Waals surface area (Å²) in [7, 11) is 0. The van der Waals surface area contributed by atoms with E-state index in [-0.39, 0.29) is 48.3 Å². The van der Waals surface area contributed by atoms with Crippen molar-refractivity contribution >= 4 is 29.3 Å². The summed E-state index contributed by atoms with van der Waals surface area (Å²) >= 11 is 0. The van der Waals surface area contributed by atoms with E-state index < -0.39 is 11.9 Å². The highest BCUT2D eigenvalue weighted by Gasteiger charge is 2.40. The molecule has 2 aromatic carbocycles. The van der Waals surface area contributed by atoms with Crippen LogP contribution in [0.5, 0.6) is 0 Å². The predicted molar refractivity (Wildman–Crippen MR) is 129 cm³/mol. The van der Waals surface area contributed by atoms with E-state index >= 15 is 0 Å². The van der Waals surface area contributed by atoms with Crippen molar-refractivity contribution < 1.29 is 19.2 Å². The molecular weight excluding hydrogens is 460 g/mol. The second-order valence-electron chi connectivity index (χ2n) is 9.55. The Labute approximate surface area is 206 Å². The molecule has 3 aromatic rings. The minimum atomic E-state index is -0.672. The quantitative estimate of drug-likeness (QED) is 0.570. The SMILES string of the molecule is CC1c2ccccc2N(C(=O)c2cn(-c3ccc4c(c3)CN(C3CCC(=O)NC3=O)C4=O)nn2)C1C. The molecule has 3 aliphatic rings. The first-order chi connectivity index (χ1) is 17.3. The molecule has 0 radical (unpaired) electrons. The number of piperidine rings is 1. The third-order valence-corrected chi connectivity index (χ3v) is 7.52. The maximum absolute atomic E-state index is 13.4. The van der Waals surface area contributed by atoms with Gasteiger partial charge in [-0.25, -0.2) is 4.68 Å². The monoisotopic (exact) mass is 484 g/mol. The zero-order valence-corrected chi connectivity index (χ0v) is 19.8. The number of rotatable bonds is 3. The second-order valence-corrected chi connectivity index (χ2v) is 9.55. The zero-order chi connectivity index (χ0) is 25.1. The van der Waals surface area contributed by atoms with Crippen molar-refractivity contribution in [3.05, 3.63) is 71.0 Å². The van der Waals surface area contributed by atoms with Crippen LogP contribution in [0.25, 0.3) is 5.69 Å². The number of benzene rings is 2. The van der Waals surface area contributed by atoms with E-state index in [2.05, 4.69) is 22.6 Å². The fraction of sp³-hybridized carbons (Fsp3) is 0.308. The Morgan fingerprint density at radius 2 is 1.89 bits per heavy atom. The molecule has 182 valence electrons. The van der Waals surface area contributed by atoms with Crippen molar-refractivity contribution in [1.82, 2.24) is 25.2 Å². The summed E-state index contributed by atoms with van der Waals surface area (Å²) in [5.74, 6) is -1.01. The van der Waals surface area contributed by atoms with Crippen LogP contribution in [0.1, 0.15) is 64.6 Å². The van der Waals surface area contributed by atoms with Crippen LogP contribution in [0.3, 0.4) is 0 Å². The Morgan fingerprint density at radius 3 is 2.69 bits per heavy atom. The molecule has 3 atom stereocenters. The standard InChI is InChI=1S/C26H24N6O4/c1-14-15(2)32(21-6-4-3-5-18(14)21)26(36)20-13-31(29-28-20)17-7-8-19-16(11-17)12-30(25(19)35)22-9-10-23(33)27-24(22)34/h3-8,11,13-15,22H,9-10,12H2,1-2H3,(H,27,33,34). The normalized spacial score (nSPS) is 23.1. The Balaban J connectivity index is 1.25. The molecular formula is C26H24N6O4. The average molecular weight is 485 g/mol. The van der Waals surface area contributed by atoms with Gasteiger partial charge in [-0.2, -0.15) is 0 Å². The summed E-state index contributed by atoms with van der Waals surface area (Å²) in [6, 6.07) is 12.5. The summed E-state index contributed by atoms with van der Waals surface area (Å²) in [5.41, 5.74) is 4.17. The highest BCUT2D eigenvalue weighted by molar-refractivity contribution is 6.07. The lowest BCUT2D eigenvalue weighted by Gasteiger charge is -2.29. The number of nitrogens with one attached hydrogen (secondary N) is 1. The number of hydrogen-bond acceptors (Lipinski definition) is 6. The van der Waals surface area contributed by atoms with Crippen LogP contribution in [-0.4, -0.2) is 55.6 Å². The van der Waals surface area contributed by atoms with Crippen molar-refractivity contribution in [3.63, 3.8) is 0 Å². The molecule has 10 heteroatoms. The molecule has 4 heterocycles. The maximum Gasteiger partial charge on any atom is 0.280 e. The van der Waals surface area contributed by atoms with Gasteiger partial charge >= 0.3 is 0 Å². The first kappa shape index (κ1) is 22.1. The first-order valence-electron chi connectivity index (χ1n) is 12.0. The maximum atomic E-state index is 13.4. The number of anilines is 1. The van der Waals surface area contributed by atoms with E-state index in [0.29, 0.717) is 17.7 Å². The minimum Gasteiger partial charge on any atom is -0.322 e. The van der Waals surface area contributed by atoms with E-state index in [1.807, 2.05) is 37.3 Å². The third-order valence-electron chi connectivity index (χ3n) is 7.52. The van der Waals surface area contributed by atoms with E-state index in [9.17, 15) is 19.2 Å². The third kappa shape index (κ3) is 3.32. The van der Waals surface area contributed by atoms with E-state index in [1.165, 1.54) is 9.58 Å². The van der Waals surface area contributed by atoms with Crippen LogP contribution in [0.2, 0.25) is 0 Å². The molecule has 3 unspecified atom stereocenters. The van der Waals surface area contributed by atoms with Crippen LogP contribution in [0.4, 0.5) is 5.69 Å². The molecule has 0 aliphatic carbocycles. The molecule has 10 nitrogen and oxygen atoms in total. The van der Waals surface area contributed by atoms with Gasteiger partial charge in [0.1, 0.15) is 6.04 Å². The average Bonchev–Trinajstić information content (AvgIpc) is 3.55. The topological polar surface area (TPSA) is 118 Å². The second kappa shape index (κ2) is 8.11. The lowest BCUT2D eigenvalue weighted by Crippen LogP contribution is -2.52. The molecule has 6 rings (SSSR count). The highest BCUT2D eigenvalue weighted by Crippen LogP contribution is 2.41. The van der Waals surface area contributed by atoms with Gasteiger partial charge in [0, 0.05) is 36.2 Å². The van der Waals surface area contributed by atoms with Gasteiger partial charge in [0.2, 0.25) is 11.8 Å². The van der Waals surface area contributed by atoms with Gasteiger partial charge in [-0.05, 0) is 48.7 Å². The Hall–Kier alpha value is -4.34. The minimum absolute atomic E-state index is 0.00989. The number of imide groups is 1. The van der Waals surface area contributed by atoms with Gasteiger partial charge in [-0.3, -0.25) is 24.5 Å². The number of hydrogen-bond donors (Lipinski definition) is 1. The van der Waals surface area contributed by atoms with Gasteiger partial charge in [0.15, 0.2) is 5.69 Å². The van der Waals surface area contributed by atoms with Crippen LogP contribution in [0, 0.1) is 0 Å². The van der Waals surface area contributed by atoms with Crippen molar-refractivity contribution in [2.45, 2.75) is 51.2 Å². The van der Waals surface area contributed by atoms with Gasteiger partial charge < -0.3 is 9.80 Å². The number of carbonyl (C=O) groups is 4. The van der Waals surface area contributed by atoms with Gasteiger partial charge in [0.25, 0.3) is 11.8 Å². The Bertz CT molecular complexity index is 1450. The zero-order valence-electron chi connectivity index (χ0n) is 19.8. The first-order valence-corrected chi connectivity index (χ1v) is 12.0. The van der Waals surface area contributed by atoms with E-state index in [4.69, 9.17) is 0 Å². The predicted octanol–water partition coefficient (Wildman–Crippen LogP) is 2.18. The van der Waals surface area contributed by atoms with Crippen molar-refractivity contribution in [1.29, 1.82) is 0 Å². The van der Waals surface area contributed by atoms with E-state index in [0.717, 1.165) is 16.8 Å². The number of carbonyl (C=O) groups excluding carboxylic acids is 4. The Morgan fingerprint density at radius 1 is 1.08 bits per heavy atom. The molecule has 36 heavy (non-hydrogen) atoms. The lowest BCUT2D eigenvalue weighted by atomic mass is 9.98. The van der Waals surface area contributed by atoms with Crippen LogP contribution < -0.4 is 10.2 Å². The number of amides is 4. The Kier molecular flexibility index (Phi) is 4.99. The van der Waals surface area contributed by atoms with Crippen LogP contribution in [0.15, 0.2) is 48.7 Å². The smallest absolute Gasteiger partial charge is 0.280 e. The molecule has 1 fully saturated rings. The molecule has 1 saturated heterocycles. The van der Waals surface area contributed by atoms with E-state index in [1.54, 1.807) is 23.2 Å². The molecule has 3 aliphatic heterocycles. The summed E-state index contributed by atoms with van der Waals surface area (Å²) < 4.78 is 1.52. The number of aromatic nitrogens is 3. The van der Waals surface area contributed by atoms with Crippen LogP contribution >= 0.6 is 0 Å². The summed E-state index contributed by atoms with van der Waals surface area (Å²) in [6.45, 7) is 4.39. The van der Waals surface area contributed by atoms with Crippen molar-refractivity contribution in [2.75, 3.05) is 4.90 Å². The lowest BCUT2D eigenvalue weighted by molar-refractivity contribution is -0.136. The largest absolute Gasteiger partial charge is 0.322 e. The summed E-state index contributed by atoms with van der Waals surface area (Å²) in [5, 5.41) is 10.6. The van der Waals surface area contributed by atoms with Crippen LogP contribution in [-0.2, 0) is 16.1 Å². The fourth-order valence-corrected chi connectivity index (χ4v) is 5.40. The molecule has 0 spiro atoms. The molecule has 1 aromatic heterocycles. The molecule has 4 amide bonds. The van der Waals surface area contributed by atoms with Gasteiger partial charge in [0.05, 0.1) is 11.9 Å².